The second-order valence-electron chi connectivity index (χ2n) is 5.89. The zero-order valence-electron chi connectivity index (χ0n) is 11.0. The number of hydrogen-bond acceptors (Lipinski definition) is 1. The summed E-state index contributed by atoms with van der Waals surface area (Å²) < 4.78 is 6.35. The van der Waals surface area contributed by atoms with E-state index in [-0.39, 0.29) is 0 Å². The van der Waals surface area contributed by atoms with Crippen LogP contribution in [0.2, 0.25) is 51.4 Å². The van der Waals surface area contributed by atoms with Crippen LogP contribution in [0.1, 0.15) is 0 Å². The lowest BCUT2D eigenvalue weighted by molar-refractivity contribution is 0.556. The first-order chi connectivity index (χ1) is 6.47. The molecule has 0 aromatic heterocycles. The molecule has 0 saturated heterocycles. The minimum Gasteiger partial charge on any atom is -0.453 e. The highest BCUT2D eigenvalue weighted by Crippen LogP contribution is 2.27. The first kappa shape index (κ1) is 16.1. The van der Waals surface area contributed by atoms with Crippen molar-refractivity contribution in [3.05, 3.63) is 12.3 Å². The predicted molar refractivity (Wildman–Crippen MR) is 87.4 cm³/mol. The van der Waals surface area contributed by atoms with Crippen molar-refractivity contribution in [3.63, 3.8) is 0 Å². The summed E-state index contributed by atoms with van der Waals surface area (Å²) in [5.74, 6) is 0. The molecule has 0 bridgehead atoms. The van der Waals surface area contributed by atoms with E-state index in [2.05, 4.69) is 67.7 Å². The number of halogens is 1. The Kier molecular flexibility index (Phi) is 6.02. The molecule has 0 radical (unpaired) electrons. The Morgan fingerprint density at radius 2 is 1.53 bits per heavy atom. The molecule has 0 atom stereocenters. The summed E-state index contributed by atoms with van der Waals surface area (Å²) in [5.41, 5.74) is 1.11. The summed E-state index contributed by atoms with van der Waals surface area (Å²) in [6, 6.07) is 2.69. The average Bonchev–Trinajstić information content (AvgIpc) is 1.98. The van der Waals surface area contributed by atoms with E-state index in [0.29, 0.717) is 0 Å². The van der Waals surface area contributed by atoms with E-state index >= 15 is 0 Å². The summed E-state index contributed by atoms with van der Waals surface area (Å²) in [7, 11) is -3.02. The third kappa shape index (κ3) is 8.84. The SMILES string of the molecule is C=C[Si](C)(C)O[Si](C)(C)CC[Si](C)(C)I. The van der Waals surface area contributed by atoms with E-state index in [1.807, 2.05) is 5.70 Å². The van der Waals surface area contributed by atoms with Gasteiger partial charge in [-0.1, -0.05) is 18.8 Å². The van der Waals surface area contributed by atoms with Crippen LogP contribution in [0.4, 0.5) is 0 Å². The van der Waals surface area contributed by atoms with Crippen LogP contribution in [0, 0.1) is 0 Å². The Bertz CT molecular complexity index is 221. The normalized spacial score (nSPS) is 14.1. The summed E-state index contributed by atoms with van der Waals surface area (Å²) >= 11 is 2.66. The molecule has 0 fully saturated rings. The molecule has 0 aromatic carbocycles. The summed E-state index contributed by atoms with van der Waals surface area (Å²) in [5, 5.41) is 0. The van der Waals surface area contributed by atoms with Crippen LogP contribution in [0.3, 0.4) is 0 Å². The van der Waals surface area contributed by atoms with Crippen LogP contribution >= 0.6 is 21.8 Å². The van der Waals surface area contributed by atoms with Crippen LogP contribution in [0.25, 0.3) is 0 Å². The lowest BCUT2D eigenvalue weighted by Gasteiger charge is -2.33. The molecule has 1 nitrogen and oxygen atoms in total. The zero-order valence-corrected chi connectivity index (χ0v) is 16.1. The fourth-order valence-corrected chi connectivity index (χ4v) is 15.1. The van der Waals surface area contributed by atoms with Crippen molar-refractivity contribution in [1.82, 2.24) is 0 Å². The van der Waals surface area contributed by atoms with Gasteiger partial charge in [-0.2, -0.15) is 0 Å². The molecule has 0 heterocycles. The Balaban J connectivity index is 4.25. The van der Waals surface area contributed by atoms with E-state index in [1.165, 1.54) is 12.1 Å². The Morgan fingerprint density at radius 1 is 1.07 bits per heavy atom. The second kappa shape index (κ2) is 5.61. The van der Waals surface area contributed by atoms with Crippen LogP contribution in [0.5, 0.6) is 0 Å². The Hall–Kier alpha value is 1.08. The molecule has 0 N–H and O–H groups in total. The van der Waals surface area contributed by atoms with Crippen LogP contribution in [-0.2, 0) is 4.12 Å². The maximum atomic E-state index is 6.35. The quantitative estimate of drug-likeness (QED) is 0.370. The third-order valence-electron chi connectivity index (χ3n) is 2.35. The van der Waals surface area contributed by atoms with Gasteiger partial charge in [-0.25, -0.2) is 0 Å². The van der Waals surface area contributed by atoms with Gasteiger partial charge < -0.3 is 4.12 Å². The predicted octanol–water partition coefficient (Wildman–Crippen LogP) is 4.78. The monoisotopic (exact) mass is 372 g/mol. The van der Waals surface area contributed by atoms with Crippen LogP contribution in [-0.4, -0.2) is 22.2 Å². The van der Waals surface area contributed by atoms with Gasteiger partial charge in [0, 0.05) is 0 Å². The zero-order chi connectivity index (χ0) is 12.3. The molecular weight excluding hydrogens is 347 g/mol. The van der Waals surface area contributed by atoms with E-state index < -0.39 is 22.2 Å². The first-order valence-electron chi connectivity index (χ1n) is 5.50. The standard InChI is InChI=1S/C10H25IOSi3/c1-8-14(4,5)12-15(6,7)10-9-13(2,3)11/h8H,1,9-10H2,2-7H3. The molecule has 0 amide bonds. The van der Waals surface area contributed by atoms with E-state index in [1.54, 1.807) is 0 Å². The molecule has 0 aliphatic carbocycles. The van der Waals surface area contributed by atoms with Crippen molar-refractivity contribution >= 4 is 44.0 Å². The maximum absolute atomic E-state index is 6.35. The largest absolute Gasteiger partial charge is 0.453 e. The summed E-state index contributed by atoms with van der Waals surface area (Å²) in [6.07, 6.45) is 0. The number of hydrogen-bond donors (Lipinski definition) is 0. The van der Waals surface area contributed by atoms with Crippen molar-refractivity contribution < 1.29 is 4.12 Å². The average molecular weight is 372 g/mol. The van der Waals surface area contributed by atoms with Gasteiger partial charge in [-0.3, -0.25) is 0 Å². The highest BCUT2D eigenvalue weighted by Gasteiger charge is 2.32. The fourth-order valence-electron chi connectivity index (χ4n) is 1.40. The molecule has 0 rings (SSSR count). The van der Waals surface area contributed by atoms with E-state index in [4.69, 9.17) is 4.12 Å². The first-order valence-corrected chi connectivity index (χ1v) is 17.9. The lowest BCUT2D eigenvalue weighted by Crippen LogP contribution is -2.43. The van der Waals surface area contributed by atoms with Crippen molar-refractivity contribution in [3.8, 4) is 0 Å². The summed E-state index contributed by atoms with van der Waals surface area (Å²) in [6.45, 7) is 17.9. The molecule has 0 spiro atoms. The van der Waals surface area contributed by atoms with Gasteiger partial charge in [0.15, 0.2) is 16.6 Å². The molecule has 0 aliphatic rings. The maximum Gasteiger partial charge on any atom is 0.197 e. The minimum absolute atomic E-state index is 0.938. The van der Waals surface area contributed by atoms with Gasteiger partial charge in [0.25, 0.3) is 0 Å². The number of rotatable bonds is 6. The molecule has 0 aromatic rings. The topological polar surface area (TPSA) is 9.23 Å². The molecule has 15 heavy (non-hydrogen) atoms. The molecule has 0 unspecified atom stereocenters. The van der Waals surface area contributed by atoms with Crippen LogP contribution in [0.15, 0.2) is 12.3 Å². The lowest BCUT2D eigenvalue weighted by atomic mass is 10.9. The van der Waals surface area contributed by atoms with Crippen molar-refractivity contribution in [2.45, 2.75) is 51.4 Å². The highest BCUT2D eigenvalue weighted by atomic mass is 127. The van der Waals surface area contributed by atoms with Crippen molar-refractivity contribution in [2.75, 3.05) is 0 Å². The van der Waals surface area contributed by atoms with Gasteiger partial charge in [0.2, 0.25) is 0 Å². The van der Waals surface area contributed by atoms with Gasteiger partial charge in [0.05, 0.1) is 0 Å². The van der Waals surface area contributed by atoms with Gasteiger partial charge >= 0.3 is 0 Å². The molecule has 0 aliphatic heterocycles. The minimum atomic E-state index is -1.57. The smallest absolute Gasteiger partial charge is 0.197 e. The van der Waals surface area contributed by atoms with Crippen LogP contribution < -0.4 is 0 Å². The molecule has 90 valence electrons. The molecule has 5 heteroatoms. The Morgan fingerprint density at radius 3 is 1.87 bits per heavy atom. The highest BCUT2D eigenvalue weighted by molar-refractivity contribution is 14.1. The third-order valence-corrected chi connectivity index (χ3v) is 12.7. The molecular formula is C10H25IOSi3. The van der Waals surface area contributed by atoms with Gasteiger partial charge in [-0.15, -0.1) is 28.4 Å². The summed E-state index contributed by atoms with van der Waals surface area (Å²) in [4.78, 5) is 0. The molecule has 0 saturated carbocycles. The van der Waals surface area contributed by atoms with E-state index in [9.17, 15) is 0 Å². The van der Waals surface area contributed by atoms with E-state index in [0.717, 1.165) is 0 Å². The second-order valence-corrected chi connectivity index (χ2v) is 27.0. The fraction of sp³-hybridized carbons (Fsp3) is 0.800. The van der Waals surface area contributed by atoms with Crippen molar-refractivity contribution in [2.24, 2.45) is 0 Å². The van der Waals surface area contributed by atoms with Crippen molar-refractivity contribution in [1.29, 1.82) is 0 Å². The van der Waals surface area contributed by atoms with Gasteiger partial charge in [0.1, 0.15) is 5.57 Å². The Labute approximate surface area is 111 Å². The van der Waals surface area contributed by atoms with Gasteiger partial charge in [-0.05, 0) is 38.3 Å².